The molecule has 0 amide bonds. The van der Waals surface area contributed by atoms with Gasteiger partial charge in [0.25, 0.3) is 0 Å². The van der Waals surface area contributed by atoms with E-state index in [0.29, 0.717) is 13.0 Å². The first-order valence-corrected chi connectivity index (χ1v) is 7.46. The van der Waals surface area contributed by atoms with Gasteiger partial charge >= 0.3 is 0 Å². The molecular weight excluding hydrogens is 241 g/mol. The van der Waals surface area contributed by atoms with Gasteiger partial charge < -0.3 is 5.73 Å². The maximum absolute atomic E-state index is 13.0. The van der Waals surface area contributed by atoms with Crippen LogP contribution in [0.3, 0.4) is 0 Å². The summed E-state index contributed by atoms with van der Waals surface area (Å²) in [5, 5.41) is 0. The first kappa shape index (κ1) is 14.1. The van der Waals surface area contributed by atoms with Crippen LogP contribution in [-0.4, -0.2) is 26.5 Å². The Hall–Kier alpha value is -0.940. The molecule has 0 aliphatic heterocycles. The molecule has 3 nitrogen and oxygen atoms in total. The van der Waals surface area contributed by atoms with Crippen molar-refractivity contribution in [1.29, 1.82) is 0 Å². The van der Waals surface area contributed by atoms with Crippen LogP contribution in [0, 0.1) is 5.82 Å². The van der Waals surface area contributed by atoms with Crippen LogP contribution in [0.5, 0.6) is 0 Å². The molecule has 0 aliphatic carbocycles. The van der Waals surface area contributed by atoms with E-state index in [1.165, 1.54) is 12.1 Å². The van der Waals surface area contributed by atoms with Gasteiger partial charge in [0.1, 0.15) is 15.7 Å². The normalized spacial score (nSPS) is 13.6. The summed E-state index contributed by atoms with van der Waals surface area (Å²) >= 11 is 0. The van der Waals surface area contributed by atoms with Crippen molar-refractivity contribution in [3.63, 3.8) is 0 Å². The predicted molar refractivity (Wildman–Crippen MR) is 67.1 cm³/mol. The summed E-state index contributed by atoms with van der Waals surface area (Å²) in [6, 6.07) is 6.16. The summed E-state index contributed by atoms with van der Waals surface area (Å²) in [7, 11) is -2.99. The first-order chi connectivity index (χ1) is 7.98. The maximum Gasteiger partial charge on any atom is 0.150 e. The summed E-state index contributed by atoms with van der Waals surface area (Å²) in [6.45, 7) is 1.94. The SMILES string of the molecule is CCS(=O)(=O)CCC(CN)c1cccc(F)c1. The molecule has 2 N–H and O–H groups in total. The third-order valence-electron chi connectivity index (χ3n) is 2.82. The lowest BCUT2D eigenvalue weighted by atomic mass is 9.97. The Morgan fingerprint density at radius 2 is 2.12 bits per heavy atom. The molecule has 17 heavy (non-hydrogen) atoms. The molecule has 1 atom stereocenters. The minimum absolute atomic E-state index is 0.0991. The largest absolute Gasteiger partial charge is 0.330 e. The van der Waals surface area contributed by atoms with Crippen molar-refractivity contribution in [2.45, 2.75) is 19.3 Å². The van der Waals surface area contributed by atoms with Crippen molar-refractivity contribution in [2.75, 3.05) is 18.1 Å². The van der Waals surface area contributed by atoms with Crippen molar-refractivity contribution in [3.8, 4) is 0 Å². The molecule has 0 saturated heterocycles. The average Bonchev–Trinajstić information content (AvgIpc) is 2.30. The molecule has 1 aromatic rings. The third kappa shape index (κ3) is 4.44. The number of halogens is 1. The Balaban J connectivity index is 2.73. The summed E-state index contributed by atoms with van der Waals surface area (Å²) in [6.07, 6.45) is 0.441. The van der Waals surface area contributed by atoms with Crippen LogP contribution in [0.1, 0.15) is 24.8 Å². The number of nitrogens with two attached hydrogens (primary N) is 1. The van der Waals surface area contributed by atoms with Crippen LogP contribution >= 0.6 is 0 Å². The van der Waals surface area contributed by atoms with Crippen LogP contribution in [-0.2, 0) is 9.84 Å². The van der Waals surface area contributed by atoms with Crippen LogP contribution in [0.4, 0.5) is 4.39 Å². The smallest absolute Gasteiger partial charge is 0.150 e. The van der Waals surface area contributed by atoms with Crippen molar-refractivity contribution < 1.29 is 12.8 Å². The summed E-state index contributed by atoms with van der Waals surface area (Å²) < 4.78 is 35.9. The molecule has 96 valence electrons. The Bertz CT molecular complexity index is 459. The minimum atomic E-state index is -2.99. The number of rotatable bonds is 6. The Labute approximate surface area is 102 Å². The van der Waals surface area contributed by atoms with E-state index in [9.17, 15) is 12.8 Å². The first-order valence-electron chi connectivity index (χ1n) is 5.64. The maximum atomic E-state index is 13.0. The van der Waals surface area contributed by atoms with E-state index >= 15 is 0 Å². The molecule has 1 unspecified atom stereocenters. The quantitative estimate of drug-likeness (QED) is 0.845. The molecule has 0 heterocycles. The van der Waals surface area contributed by atoms with Gasteiger partial charge in [-0.3, -0.25) is 0 Å². The molecule has 1 aromatic carbocycles. The number of benzene rings is 1. The molecule has 0 aliphatic rings. The summed E-state index contributed by atoms with van der Waals surface area (Å²) in [5.74, 6) is -0.193. The fourth-order valence-corrected chi connectivity index (χ4v) is 2.58. The fraction of sp³-hybridized carbons (Fsp3) is 0.500. The van der Waals surface area contributed by atoms with Crippen LogP contribution in [0.2, 0.25) is 0 Å². The lowest BCUT2D eigenvalue weighted by Gasteiger charge is -2.15. The highest BCUT2D eigenvalue weighted by atomic mass is 32.2. The Morgan fingerprint density at radius 1 is 1.41 bits per heavy atom. The van der Waals surface area contributed by atoms with Gasteiger partial charge in [-0.2, -0.15) is 0 Å². The van der Waals surface area contributed by atoms with E-state index in [1.807, 2.05) is 0 Å². The molecule has 0 bridgehead atoms. The van der Waals surface area contributed by atoms with Gasteiger partial charge in [0.2, 0.25) is 0 Å². The van der Waals surface area contributed by atoms with Gasteiger partial charge in [0, 0.05) is 5.75 Å². The van der Waals surface area contributed by atoms with E-state index in [1.54, 1.807) is 19.1 Å². The molecular formula is C12H18FNO2S. The van der Waals surface area contributed by atoms with Crippen LogP contribution in [0.15, 0.2) is 24.3 Å². The Morgan fingerprint density at radius 3 is 2.65 bits per heavy atom. The monoisotopic (exact) mass is 259 g/mol. The predicted octanol–water partition coefficient (Wildman–Crippen LogP) is 1.69. The molecule has 0 radical (unpaired) electrons. The second kappa shape index (κ2) is 6.12. The van der Waals surface area contributed by atoms with Gasteiger partial charge in [0.05, 0.1) is 5.75 Å². The highest BCUT2D eigenvalue weighted by Gasteiger charge is 2.15. The van der Waals surface area contributed by atoms with Crippen molar-refractivity contribution in [1.82, 2.24) is 0 Å². The third-order valence-corrected chi connectivity index (χ3v) is 4.56. The average molecular weight is 259 g/mol. The van der Waals surface area contributed by atoms with Gasteiger partial charge in [-0.25, -0.2) is 12.8 Å². The Kier molecular flexibility index (Phi) is 5.08. The molecule has 0 spiro atoms. The van der Waals surface area contributed by atoms with Gasteiger partial charge in [-0.15, -0.1) is 0 Å². The number of hydrogen-bond donors (Lipinski definition) is 1. The van der Waals surface area contributed by atoms with E-state index < -0.39 is 9.84 Å². The van der Waals surface area contributed by atoms with Gasteiger partial charge in [-0.1, -0.05) is 19.1 Å². The lowest BCUT2D eigenvalue weighted by Crippen LogP contribution is -2.18. The highest BCUT2D eigenvalue weighted by molar-refractivity contribution is 7.91. The zero-order valence-electron chi connectivity index (χ0n) is 9.90. The van der Waals surface area contributed by atoms with Gasteiger partial charge in [-0.05, 0) is 36.6 Å². The number of sulfone groups is 1. The van der Waals surface area contributed by atoms with Crippen molar-refractivity contribution in [2.24, 2.45) is 5.73 Å². The van der Waals surface area contributed by atoms with Crippen LogP contribution in [0.25, 0.3) is 0 Å². The molecule has 0 saturated carbocycles. The zero-order chi connectivity index (χ0) is 12.9. The van der Waals surface area contributed by atoms with E-state index in [2.05, 4.69) is 0 Å². The second-order valence-electron chi connectivity index (χ2n) is 4.01. The molecule has 0 aromatic heterocycles. The molecule has 1 rings (SSSR count). The number of hydrogen-bond acceptors (Lipinski definition) is 3. The van der Waals surface area contributed by atoms with Gasteiger partial charge in [0.15, 0.2) is 0 Å². The summed E-state index contributed by atoms with van der Waals surface area (Å²) in [5.41, 5.74) is 6.37. The fourth-order valence-electron chi connectivity index (χ4n) is 1.65. The minimum Gasteiger partial charge on any atom is -0.330 e. The highest BCUT2D eigenvalue weighted by Crippen LogP contribution is 2.20. The van der Waals surface area contributed by atoms with E-state index in [4.69, 9.17) is 5.73 Å². The standard InChI is InChI=1S/C12H18FNO2S/c1-2-17(15,16)7-6-11(9-14)10-4-3-5-12(13)8-10/h3-5,8,11H,2,6-7,9,14H2,1H3. The molecule has 0 fully saturated rings. The molecule has 5 heteroatoms. The topological polar surface area (TPSA) is 60.2 Å². The van der Waals surface area contributed by atoms with Crippen molar-refractivity contribution >= 4 is 9.84 Å². The second-order valence-corrected chi connectivity index (χ2v) is 6.49. The summed E-state index contributed by atoms with van der Waals surface area (Å²) in [4.78, 5) is 0. The van der Waals surface area contributed by atoms with Crippen molar-refractivity contribution in [3.05, 3.63) is 35.6 Å². The lowest BCUT2D eigenvalue weighted by molar-refractivity contribution is 0.584. The van der Waals surface area contributed by atoms with E-state index in [-0.39, 0.29) is 23.2 Å². The van der Waals surface area contributed by atoms with E-state index in [0.717, 1.165) is 5.56 Å². The van der Waals surface area contributed by atoms with Crippen LogP contribution < -0.4 is 5.73 Å². The zero-order valence-corrected chi connectivity index (χ0v) is 10.7.